The smallest absolute Gasteiger partial charge is 0.266 e. The van der Waals surface area contributed by atoms with Crippen LogP contribution >= 0.6 is 0 Å². The van der Waals surface area contributed by atoms with Crippen LogP contribution in [0.3, 0.4) is 0 Å². The second kappa shape index (κ2) is 12.0. The molecule has 1 fully saturated rings. The van der Waals surface area contributed by atoms with Crippen LogP contribution in [0.5, 0.6) is 0 Å². The van der Waals surface area contributed by atoms with Crippen molar-refractivity contribution in [3.8, 4) is 6.07 Å². The van der Waals surface area contributed by atoms with Crippen molar-refractivity contribution >= 4 is 5.91 Å². The molecule has 0 atom stereocenters. The lowest BCUT2D eigenvalue weighted by Crippen LogP contribution is -2.50. The minimum atomic E-state index is -0.186. The van der Waals surface area contributed by atoms with Crippen LogP contribution in [0.4, 0.5) is 0 Å². The molecule has 0 spiro atoms. The van der Waals surface area contributed by atoms with E-state index >= 15 is 0 Å². The monoisotopic (exact) mass is 464 g/mol. The zero-order valence-electron chi connectivity index (χ0n) is 20.3. The SMILES string of the molecule is CCN(/C=C(/C#N)C(=O)N1CCN(C(c2ccccc2)c2ccccc2)CC1)Cc1ccccc1. The van der Waals surface area contributed by atoms with Gasteiger partial charge in [0.05, 0.1) is 6.04 Å². The number of hydrogen-bond acceptors (Lipinski definition) is 4. The Morgan fingerprint density at radius 3 is 1.89 bits per heavy atom. The Bertz CT molecular complexity index is 1110. The van der Waals surface area contributed by atoms with E-state index in [1.165, 1.54) is 11.1 Å². The molecule has 0 saturated carbocycles. The molecule has 35 heavy (non-hydrogen) atoms. The molecule has 1 aliphatic rings. The van der Waals surface area contributed by atoms with E-state index < -0.39 is 0 Å². The second-order valence-corrected chi connectivity index (χ2v) is 8.76. The molecule has 3 aromatic carbocycles. The number of nitrogens with zero attached hydrogens (tertiary/aromatic N) is 4. The third-order valence-electron chi connectivity index (χ3n) is 6.49. The second-order valence-electron chi connectivity index (χ2n) is 8.76. The van der Waals surface area contributed by atoms with Crippen LogP contribution in [0.2, 0.25) is 0 Å². The van der Waals surface area contributed by atoms with Crippen LogP contribution in [0.15, 0.2) is 103 Å². The first kappa shape index (κ1) is 24.3. The summed E-state index contributed by atoms with van der Waals surface area (Å²) < 4.78 is 0. The highest BCUT2D eigenvalue weighted by Crippen LogP contribution is 2.29. The van der Waals surface area contributed by atoms with Crippen LogP contribution in [0, 0.1) is 11.3 Å². The fraction of sp³-hybridized carbons (Fsp3) is 0.267. The molecule has 178 valence electrons. The van der Waals surface area contributed by atoms with Crippen molar-refractivity contribution in [3.05, 3.63) is 119 Å². The molecule has 0 aliphatic carbocycles. The maximum Gasteiger partial charge on any atom is 0.266 e. The van der Waals surface area contributed by atoms with Gasteiger partial charge in [-0.25, -0.2) is 0 Å². The van der Waals surface area contributed by atoms with E-state index in [-0.39, 0.29) is 17.5 Å². The summed E-state index contributed by atoms with van der Waals surface area (Å²) in [5.74, 6) is -0.186. The lowest BCUT2D eigenvalue weighted by molar-refractivity contribution is -0.128. The zero-order valence-corrected chi connectivity index (χ0v) is 20.3. The first-order chi connectivity index (χ1) is 17.2. The summed E-state index contributed by atoms with van der Waals surface area (Å²) in [6.45, 7) is 6.11. The standard InChI is InChI=1S/C30H32N4O/c1-2-32(23-25-12-6-3-7-13-25)24-28(22-31)30(35)34-20-18-33(19-21-34)29(26-14-8-4-9-15-26)27-16-10-5-11-17-27/h3-17,24,29H,2,18-21,23H2,1H3/b28-24-. The lowest BCUT2D eigenvalue weighted by Gasteiger charge is -2.39. The van der Waals surface area contributed by atoms with Gasteiger partial charge in [0.25, 0.3) is 5.91 Å². The van der Waals surface area contributed by atoms with Gasteiger partial charge in [-0.15, -0.1) is 0 Å². The van der Waals surface area contributed by atoms with E-state index in [2.05, 4.69) is 71.6 Å². The molecule has 5 heteroatoms. The summed E-state index contributed by atoms with van der Waals surface area (Å²) in [7, 11) is 0. The number of piperazine rings is 1. The molecule has 5 nitrogen and oxygen atoms in total. The quantitative estimate of drug-likeness (QED) is 0.353. The molecule has 3 aromatic rings. The zero-order chi connectivity index (χ0) is 24.5. The van der Waals surface area contributed by atoms with Crippen LogP contribution < -0.4 is 0 Å². The van der Waals surface area contributed by atoms with E-state index in [4.69, 9.17) is 0 Å². The van der Waals surface area contributed by atoms with Gasteiger partial charge in [-0.3, -0.25) is 9.69 Å². The number of amides is 1. The number of nitriles is 1. The van der Waals surface area contributed by atoms with E-state index in [0.717, 1.165) is 25.2 Å². The molecule has 4 rings (SSSR count). The Morgan fingerprint density at radius 1 is 0.886 bits per heavy atom. The largest absolute Gasteiger partial charge is 0.372 e. The van der Waals surface area contributed by atoms with Gasteiger partial charge in [0.1, 0.15) is 11.6 Å². The molecule has 0 bridgehead atoms. The molecular formula is C30H32N4O. The Kier molecular flexibility index (Phi) is 8.32. The highest BCUT2D eigenvalue weighted by atomic mass is 16.2. The van der Waals surface area contributed by atoms with E-state index in [1.807, 2.05) is 47.1 Å². The van der Waals surface area contributed by atoms with Gasteiger partial charge in [-0.2, -0.15) is 5.26 Å². The number of rotatable bonds is 8. The summed E-state index contributed by atoms with van der Waals surface area (Å²) in [6, 6.07) is 33.4. The Hall–Kier alpha value is -3.88. The van der Waals surface area contributed by atoms with E-state index in [1.54, 1.807) is 6.20 Å². The molecular weight excluding hydrogens is 432 g/mol. The van der Waals surface area contributed by atoms with Gasteiger partial charge in [0.2, 0.25) is 0 Å². The van der Waals surface area contributed by atoms with Crippen LogP contribution in [-0.4, -0.2) is 53.3 Å². The average molecular weight is 465 g/mol. The van der Waals surface area contributed by atoms with Crippen molar-refractivity contribution in [1.29, 1.82) is 5.26 Å². The summed E-state index contributed by atoms with van der Waals surface area (Å²) in [6.07, 6.45) is 1.72. The summed E-state index contributed by atoms with van der Waals surface area (Å²) in [4.78, 5) is 19.5. The topological polar surface area (TPSA) is 50.6 Å². The van der Waals surface area contributed by atoms with Crippen molar-refractivity contribution in [2.45, 2.75) is 19.5 Å². The first-order valence-corrected chi connectivity index (χ1v) is 12.2. The summed E-state index contributed by atoms with van der Waals surface area (Å²) in [5.41, 5.74) is 3.84. The third-order valence-corrected chi connectivity index (χ3v) is 6.49. The maximum absolute atomic E-state index is 13.2. The minimum absolute atomic E-state index is 0.141. The predicted molar refractivity (Wildman–Crippen MR) is 139 cm³/mol. The van der Waals surface area contributed by atoms with Gasteiger partial charge in [0, 0.05) is 45.5 Å². The van der Waals surface area contributed by atoms with Crippen molar-refractivity contribution < 1.29 is 4.79 Å². The molecule has 0 unspecified atom stereocenters. The average Bonchev–Trinajstić information content (AvgIpc) is 2.93. The molecule has 1 saturated heterocycles. The highest BCUT2D eigenvalue weighted by molar-refractivity contribution is 5.97. The predicted octanol–water partition coefficient (Wildman–Crippen LogP) is 4.85. The fourth-order valence-corrected chi connectivity index (χ4v) is 4.62. The van der Waals surface area contributed by atoms with Gasteiger partial charge in [-0.05, 0) is 23.6 Å². The Balaban J connectivity index is 1.45. The fourth-order valence-electron chi connectivity index (χ4n) is 4.62. The molecule has 0 N–H and O–H groups in total. The molecule has 0 radical (unpaired) electrons. The highest BCUT2D eigenvalue weighted by Gasteiger charge is 2.29. The molecule has 1 amide bonds. The van der Waals surface area contributed by atoms with Crippen molar-refractivity contribution in [3.63, 3.8) is 0 Å². The summed E-state index contributed by atoms with van der Waals surface area (Å²) >= 11 is 0. The lowest BCUT2D eigenvalue weighted by atomic mass is 9.96. The Morgan fingerprint density at radius 2 is 1.40 bits per heavy atom. The number of benzene rings is 3. The van der Waals surface area contributed by atoms with Crippen molar-refractivity contribution in [2.24, 2.45) is 0 Å². The normalized spacial score (nSPS) is 14.5. The minimum Gasteiger partial charge on any atom is -0.372 e. The van der Waals surface area contributed by atoms with Crippen LogP contribution in [0.25, 0.3) is 0 Å². The van der Waals surface area contributed by atoms with Gasteiger partial charge >= 0.3 is 0 Å². The third kappa shape index (κ3) is 6.17. The van der Waals surface area contributed by atoms with Crippen LogP contribution in [-0.2, 0) is 11.3 Å². The van der Waals surface area contributed by atoms with Crippen molar-refractivity contribution in [1.82, 2.24) is 14.7 Å². The van der Waals surface area contributed by atoms with Gasteiger partial charge in [0.15, 0.2) is 0 Å². The Labute approximate surface area is 208 Å². The van der Waals surface area contributed by atoms with E-state index in [9.17, 15) is 10.1 Å². The number of carbonyl (C=O) groups is 1. The maximum atomic E-state index is 13.2. The van der Waals surface area contributed by atoms with Gasteiger partial charge < -0.3 is 9.80 Å². The van der Waals surface area contributed by atoms with Crippen molar-refractivity contribution in [2.75, 3.05) is 32.7 Å². The van der Waals surface area contributed by atoms with Crippen LogP contribution in [0.1, 0.15) is 29.7 Å². The number of carbonyl (C=O) groups excluding carboxylic acids is 1. The van der Waals surface area contributed by atoms with E-state index in [0.29, 0.717) is 19.6 Å². The van der Waals surface area contributed by atoms with Gasteiger partial charge in [-0.1, -0.05) is 91.0 Å². The number of hydrogen-bond donors (Lipinski definition) is 0. The molecule has 1 aliphatic heterocycles. The molecule has 1 heterocycles. The first-order valence-electron chi connectivity index (χ1n) is 12.2. The summed E-state index contributed by atoms with van der Waals surface area (Å²) in [5, 5.41) is 9.77. The molecule has 0 aromatic heterocycles.